The summed E-state index contributed by atoms with van der Waals surface area (Å²) in [5, 5.41) is 14.9. The molecule has 2 unspecified atom stereocenters. The van der Waals surface area contributed by atoms with Gasteiger partial charge in [-0.15, -0.1) is 0 Å². The lowest BCUT2D eigenvalue weighted by atomic mass is 10.2. The summed E-state index contributed by atoms with van der Waals surface area (Å²) in [6.45, 7) is 3.66. The molecular weight excluding hydrogens is 340 g/mol. The van der Waals surface area contributed by atoms with Crippen LogP contribution in [0.15, 0.2) is 6.20 Å². The van der Waals surface area contributed by atoms with Gasteiger partial charge in [0, 0.05) is 7.05 Å². The minimum absolute atomic E-state index is 0.147. The first-order valence-corrected chi connectivity index (χ1v) is 7.68. The average molecular weight is 361 g/mol. The van der Waals surface area contributed by atoms with E-state index in [9.17, 15) is 23.7 Å². The van der Waals surface area contributed by atoms with Crippen LogP contribution >= 0.6 is 0 Å². The third-order valence-corrected chi connectivity index (χ3v) is 3.53. The minimum Gasteiger partial charge on any atom is -0.444 e. The molecule has 0 aliphatic carbocycles. The maximum Gasteiger partial charge on any atom is 0.410 e. The first-order valence-electron chi connectivity index (χ1n) is 7.68. The van der Waals surface area contributed by atoms with Gasteiger partial charge in [0.05, 0.1) is 24.6 Å². The molecule has 1 fully saturated rings. The molecule has 11 heteroatoms. The summed E-state index contributed by atoms with van der Waals surface area (Å²) in [6, 6.07) is 0. The third kappa shape index (κ3) is 4.34. The summed E-state index contributed by atoms with van der Waals surface area (Å²) in [5.41, 5.74) is -1.23. The predicted molar refractivity (Wildman–Crippen MR) is 84.8 cm³/mol. The number of nitrogens with zero attached hydrogens (tertiary/aromatic N) is 5. The molecule has 0 saturated carbocycles. The summed E-state index contributed by atoms with van der Waals surface area (Å²) in [6.07, 6.45) is -3.31. The van der Waals surface area contributed by atoms with Gasteiger partial charge in [0.15, 0.2) is 6.30 Å². The number of anilines is 1. The Morgan fingerprint density at radius 3 is 2.56 bits per heavy atom. The second-order valence-electron chi connectivity index (χ2n) is 6.80. The molecule has 1 aliphatic heterocycles. The number of hydrogen-bond acceptors (Lipinski definition) is 6. The topological polar surface area (TPSA) is 93.7 Å². The van der Waals surface area contributed by atoms with Crippen LogP contribution in [0.3, 0.4) is 0 Å². The average Bonchev–Trinajstić information content (AvgIpc) is 2.76. The Balaban J connectivity index is 2.26. The number of ether oxygens (including phenoxy) is 1. The van der Waals surface area contributed by atoms with Gasteiger partial charge in [-0.3, -0.25) is 10.1 Å². The smallest absolute Gasteiger partial charge is 0.410 e. The number of halogens is 2. The molecule has 2 rings (SSSR count). The molecule has 9 nitrogen and oxygen atoms in total. The summed E-state index contributed by atoms with van der Waals surface area (Å²) in [7, 11) is 1.40. The van der Waals surface area contributed by atoms with Crippen LogP contribution in [-0.2, 0) is 11.8 Å². The molecule has 1 aromatic rings. The fourth-order valence-corrected chi connectivity index (χ4v) is 2.56. The molecule has 1 aromatic heterocycles. The molecule has 2 heterocycles. The Morgan fingerprint density at radius 1 is 1.36 bits per heavy atom. The molecule has 25 heavy (non-hydrogen) atoms. The Morgan fingerprint density at radius 2 is 2.00 bits per heavy atom. The van der Waals surface area contributed by atoms with Gasteiger partial charge in [-0.05, 0) is 20.8 Å². The van der Waals surface area contributed by atoms with Crippen LogP contribution in [0, 0.1) is 10.1 Å². The van der Waals surface area contributed by atoms with Gasteiger partial charge in [0.1, 0.15) is 18.0 Å². The SMILES string of the molecule is Cn1ncc([N+](=O)[O-])c1N1CC(F)CN(C(=O)OC(C)(C)C)CC1F. The molecule has 1 amide bonds. The minimum atomic E-state index is -1.85. The summed E-state index contributed by atoms with van der Waals surface area (Å²) in [5.74, 6) is -0.147. The molecular formula is C14H21F2N5O4. The van der Waals surface area contributed by atoms with E-state index in [0.29, 0.717) is 0 Å². The largest absolute Gasteiger partial charge is 0.444 e. The highest BCUT2D eigenvalue weighted by Crippen LogP contribution is 2.31. The van der Waals surface area contributed by atoms with Gasteiger partial charge in [0.2, 0.25) is 5.82 Å². The van der Waals surface area contributed by atoms with Crippen LogP contribution in [0.1, 0.15) is 20.8 Å². The summed E-state index contributed by atoms with van der Waals surface area (Å²) in [4.78, 5) is 24.4. The Kier molecular flexibility index (Phi) is 5.14. The van der Waals surface area contributed by atoms with Crippen LogP contribution in [-0.4, -0.2) is 63.4 Å². The van der Waals surface area contributed by atoms with E-state index in [4.69, 9.17) is 4.74 Å². The molecule has 0 aromatic carbocycles. The molecule has 140 valence electrons. The maximum atomic E-state index is 14.8. The van der Waals surface area contributed by atoms with E-state index in [1.807, 2.05) is 0 Å². The van der Waals surface area contributed by atoms with Crippen LogP contribution in [0.25, 0.3) is 0 Å². The van der Waals surface area contributed by atoms with Crippen LogP contribution in [0.5, 0.6) is 0 Å². The highest BCUT2D eigenvalue weighted by Gasteiger charge is 2.38. The lowest BCUT2D eigenvalue weighted by molar-refractivity contribution is -0.384. The number of amides is 1. The zero-order chi connectivity index (χ0) is 18.9. The highest BCUT2D eigenvalue weighted by atomic mass is 19.1. The third-order valence-electron chi connectivity index (χ3n) is 3.53. The normalized spacial score (nSPS) is 21.8. The van der Waals surface area contributed by atoms with Crippen molar-refractivity contribution < 1.29 is 23.2 Å². The second-order valence-corrected chi connectivity index (χ2v) is 6.80. The fraction of sp³-hybridized carbons (Fsp3) is 0.714. The number of carbonyl (C=O) groups excluding carboxylic acids is 1. The molecule has 1 saturated heterocycles. The van der Waals surface area contributed by atoms with Gasteiger partial charge in [0.25, 0.3) is 0 Å². The van der Waals surface area contributed by atoms with Gasteiger partial charge < -0.3 is 14.5 Å². The van der Waals surface area contributed by atoms with Crippen molar-refractivity contribution in [3.8, 4) is 0 Å². The first-order chi connectivity index (χ1) is 11.5. The number of aromatic nitrogens is 2. The van der Waals surface area contributed by atoms with Crippen molar-refractivity contribution in [3.05, 3.63) is 16.3 Å². The van der Waals surface area contributed by atoms with Crippen molar-refractivity contribution in [1.82, 2.24) is 14.7 Å². The Bertz CT molecular complexity index is 660. The van der Waals surface area contributed by atoms with Crippen LogP contribution < -0.4 is 4.90 Å². The number of rotatable bonds is 2. The molecule has 0 radical (unpaired) electrons. The van der Waals surface area contributed by atoms with Gasteiger partial charge in [-0.1, -0.05) is 0 Å². The van der Waals surface area contributed by atoms with Crippen molar-refractivity contribution in [1.29, 1.82) is 0 Å². The Labute approximate surface area is 143 Å². The number of carbonyl (C=O) groups is 1. The van der Waals surface area contributed by atoms with Gasteiger partial charge in [-0.25, -0.2) is 18.3 Å². The zero-order valence-electron chi connectivity index (χ0n) is 14.5. The van der Waals surface area contributed by atoms with E-state index >= 15 is 0 Å². The van der Waals surface area contributed by atoms with Crippen molar-refractivity contribution >= 4 is 17.6 Å². The molecule has 0 bridgehead atoms. The van der Waals surface area contributed by atoms with E-state index in [-0.39, 0.29) is 12.4 Å². The van der Waals surface area contributed by atoms with E-state index in [2.05, 4.69) is 5.10 Å². The quantitative estimate of drug-likeness (QED) is 0.454. The molecule has 0 N–H and O–H groups in total. The highest BCUT2D eigenvalue weighted by molar-refractivity contribution is 5.68. The van der Waals surface area contributed by atoms with Gasteiger partial charge >= 0.3 is 11.8 Å². The van der Waals surface area contributed by atoms with Gasteiger partial charge in [-0.2, -0.15) is 5.10 Å². The van der Waals surface area contributed by atoms with E-state index in [1.165, 1.54) is 7.05 Å². The van der Waals surface area contributed by atoms with E-state index in [0.717, 1.165) is 20.7 Å². The standard InChI is InChI=1S/C14H21F2N5O4/c1-14(2,3)25-13(22)19-6-9(15)7-20(11(16)8-19)12-10(21(23)24)5-17-18(12)4/h5,9,11H,6-8H2,1-4H3. The van der Waals surface area contributed by atoms with Crippen molar-refractivity contribution in [2.45, 2.75) is 38.8 Å². The lowest BCUT2D eigenvalue weighted by Crippen LogP contribution is -2.43. The monoisotopic (exact) mass is 361 g/mol. The number of aryl methyl sites for hydroxylation is 1. The molecule has 0 spiro atoms. The summed E-state index contributed by atoms with van der Waals surface area (Å²) >= 11 is 0. The maximum absolute atomic E-state index is 14.8. The number of nitro groups is 1. The Hall–Kier alpha value is -2.46. The van der Waals surface area contributed by atoms with Crippen molar-refractivity contribution in [3.63, 3.8) is 0 Å². The summed E-state index contributed by atoms with van der Waals surface area (Å²) < 4.78 is 35.3. The van der Waals surface area contributed by atoms with Crippen LogP contribution in [0.4, 0.5) is 25.1 Å². The van der Waals surface area contributed by atoms with Crippen molar-refractivity contribution in [2.24, 2.45) is 7.05 Å². The lowest BCUT2D eigenvalue weighted by Gasteiger charge is -2.28. The predicted octanol–water partition coefficient (Wildman–Crippen LogP) is 2.02. The van der Waals surface area contributed by atoms with Crippen LogP contribution in [0.2, 0.25) is 0 Å². The molecule has 2 atom stereocenters. The number of alkyl halides is 2. The zero-order valence-corrected chi connectivity index (χ0v) is 14.5. The van der Waals surface area contributed by atoms with E-state index < -0.39 is 47.9 Å². The second kappa shape index (κ2) is 6.81. The van der Waals surface area contributed by atoms with E-state index in [1.54, 1.807) is 20.8 Å². The fourth-order valence-electron chi connectivity index (χ4n) is 2.56. The molecule has 1 aliphatic rings. The van der Waals surface area contributed by atoms with Crippen molar-refractivity contribution in [2.75, 3.05) is 24.5 Å². The first kappa shape index (κ1) is 18.9. The number of hydrogen-bond donors (Lipinski definition) is 0.